The number of hydrogen-bond donors (Lipinski definition) is 0. The van der Waals surface area contributed by atoms with E-state index in [-0.39, 0.29) is 0 Å². The Morgan fingerprint density at radius 2 is 1.47 bits per heavy atom. The van der Waals surface area contributed by atoms with Crippen molar-refractivity contribution in [1.82, 2.24) is 0 Å². The lowest BCUT2D eigenvalue weighted by atomic mass is 10.2. The number of esters is 2. The maximum Gasteiger partial charge on any atom is 0.405 e. The van der Waals surface area contributed by atoms with Crippen LogP contribution in [0.4, 0.5) is 0 Å². The first-order valence-corrected chi connectivity index (χ1v) is 5.00. The van der Waals surface area contributed by atoms with Crippen LogP contribution in [0.2, 0.25) is 0 Å². The van der Waals surface area contributed by atoms with Gasteiger partial charge in [0.05, 0.1) is 5.56 Å². The van der Waals surface area contributed by atoms with E-state index in [1.807, 2.05) is 0 Å². The molecular formula is C12H14O5. The summed E-state index contributed by atoms with van der Waals surface area (Å²) in [7, 11) is 1.29. The second kappa shape index (κ2) is 5.45. The zero-order valence-electron chi connectivity index (χ0n) is 9.93. The molecule has 1 rings (SSSR count). The highest BCUT2D eigenvalue weighted by atomic mass is 16.9. The summed E-state index contributed by atoms with van der Waals surface area (Å²) in [5.74, 6) is -3.05. The molecule has 0 aliphatic carbocycles. The molecule has 5 nitrogen and oxygen atoms in total. The first-order chi connectivity index (χ1) is 8.00. The SMILES string of the molecule is COC(OC(C)=O)(OC(C)=O)c1ccccc1. The molecule has 0 atom stereocenters. The number of rotatable bonds is 4. The molecule has 5 heteroatoms. The lowest BCUT2D eigenvalue weighted by Crippen LogP contribution is -2.38. The van der Waals surface area contributed by atoms with Crippen molar-refractivity contribution in [3.8, 4) is 0 Å². The Morgan fingerprint density at radius 3 is 1.82 bits per heavy atom. The van der Waals surface area contributed by atoms with Gasteiger partial charge in [-0.2, -0.15) is 0 Å². The largest absolute Gasteiger partial charge is 0.405 e. The van der Waals surface area contributed by atoms with Crippen molar-refractivity contribution in [2.75, 3.05) is 7.11 Å². The lowest BCUT2D eigenvalue weighted by molar-refractivity contribution is -0.346. The van der Waals surface area contributed by atoms with Gasteiger partial charge >= 0.3 is 17.9 Å². The zero-order valence-corrected chi connectivity index (χ0v) is 9.93. The van der Waals surface area contributed by atoms with Crippen LogP contribution in [0.3, 0.4) is 0 Å². The second-order valence-electron chi connectivity index (χ2n) is 3.31. The molecule has 0 aromatic heterocycles. The molecule has 92 valence electrons. The third-order valence-corrected chi connectivity index (χ3v) is 1.95. The van der Waals surface area contributed by atoms with Gasteiger partial charge in [-0.25, -0.2) is 0 Å². The Bertz CT molecular complexity index is 383. The fraction of sp³-hybridized carbons (Fsp3) is 0.333. The Hall–Kier alpha value is -1.88. The monoisotopic (exact) mass is 238 g/mol. The van der Waals surface area contributed by atoms with E-state index in [1.165, 1.54) is 21.0 Å². The minimum atomic E-state index is -1.82. The van der Waals surface area contributed by atoms with Crippen LogP contribution in [-0.4, -0.2) is 19.0 Å². The first kappa shape index (κ1) is 13.2. The van der Waals surface area contributed by atoms with Gasteiger partial charge in [0.2, 0.25) is 0 Å². The van der Waals surface area contributed by atoms with Gasteiger partial charge in [0.1, 0.15) is 0 Å². The van der Waals surface area contributed by atoms with Gasteiger partial charge in [0.25, 0.3) is 0 Å². The molecule has 0 aliphatic heterocycles. The van der Waals surface area contributed by atoms with Gasteiger partial charge in [0.15, 0.2) is 0 Å². The van der Waals surface area contributed by atoms with Crippen molar-refractivity contribution in [1.29, 1.82) is 0 Å². The van der Waals surface area contributed by atoms with Gasteiger partial charge in [-0.3, -0.25) is 9.59 Å². The highest BCUT2D eigenvalue weighted by molar-refractivity contribution is 5.69. The van der Waals surface area contributed by atoms with Crippen molar-refractivity contribution in [3.63, 3.8) is 0 Å². The summed E-state index contributed by atoms with van der Waals surface area (Å²) in [6.45, 7) is 2.42. The summed E-state index contributed by atoms with van der Waals surface area (Å²) in [4.78, 5) is 22.2. The van der Waals surface area contributed by atoms with Crippen LogP contribution in [0.15, 0.2) is 30.3 Å². The Kier molecular flexibility index (Phi) is 4.23. The molecule has 0 bridgehead atoms. The fourth-order valence-corrected chi connectivity index (χ4v) is 1.36. The van der Waals surface area contributed by atoms with Crippen molar-refractivity contribution in [2.45, 2.75) is 19.8 Å². The van der Waals surface area contributed by atoms with Gasteiger partial charge in [-0.05, 0) is 12.1 Å². The maximum absolute atomic E-state index is 11.1. The maximum atomic E-state index is 11.1. The standard InChI is InChI=1S/C12H14O5/c1-9(13)16-12(15-3,17-10(2)14)11-7-5-4-6-8-11/h4-8H,1-3H3. The molecule has 0 heterocycles. The molecule has 0 spiro atoms. The highest BCUT2D eigenvalue weighted by Crippen LogP contribution is 2.28. The van der Waals surface area contributed by atoms with E-state index in [4.69, 9.17) is 14.2 Å². The summed E-state index contributed by atoms with van der Waals surface area (Å²) < 4.78 is 15.0. The predicted molar refractivity (Wildman–Crippen MR) is 58.7 cm³/mol. The molecule has 0 amide bonds. The lowest BCUT2D eigenvalue weighted by Gasteiger charge is -2.29. The van der Waals surface area contributed by atoms with Gasteiger partial charge in [-0.1, -0.05) is 18.2 Å². The van der Waals surface area contributed by atoms with Gasteiger partial charge in [-0.15, -0.1) is 0 Å². The van der Waals surface area contributed by atoms with E-state index in [2.05, 4.69) is 0 Å². The fourth-order valence-electron chi connectivity index (χ4n) is 1.36. The quantitative estimate of drug-likeness (QED) is 0.588. The molecule has 0 unspecified atom stereocenters. The van der Waals surface area contributed by atoms with E-state index >= 15 is 0 Å². The normalized spacial score (nSPS) is 10.8. The Balaban J connectivity index is 3.15. The van der Waals surface area contributed by atoms with Crippen molar-refractivity contribution in [3.05, 3.63) is 35.9 Å². The third kappa shape index (κ3) is 3.29. The average Bonchev–Trinajstić information content (AvgIpc) is 2.28. The number of benzene rings is 1. The van der Waals surface area contributed by atoms with Crippen LogP contribution in [0.1, 0.15) is 19.4 Å². The smallest absolute Gasteiger partial charge is 0.394 e. The van der Waals surface area contributed by atoms with E-state index in [9.17, 15) is 9.59 Å². The second-order valence-corrected chi connectivity index (χ2v) is 3.31. The minimum Gasteiger partial charge on any atom is -0.394 e. The summed E-state index contributed by atoms with van der Waals surface area (Å²) in [5.41, 5.74) is 0.424. The van der Waals surface area contributed by atoms with Crippen LogP contribution in [0.5, 0.6) is 0 Å². The highest BCUT2D eigenvalue weighted by Gasteiger charge is 2.40. The van der Waals surface area contributed by atoms with Gasteiger partial charge in [0, 0.05) is 21.0 Å². The minimum absolute atomic E-state index is 0.424. The predicted octanol–water partition coefficient (Wildman–Crippen LogP) is 1.57. The molecule has 0 aliphatic rings. The van der Waals surface area contributed by atoms with E-state index < -0.39 is 17.9 Å². The molecular weight excluding hydrogens is 224 g/mol. The molecule has 0 saturated heterocycles. The van der Waals surface area contributed by atoms with Crippen LogP contribution in [-0.2, 0) is 29.8 Å². The number of carbonyl (C=O) groups is 2. The molecule has 0 radical (unpaired) electrons. The Labute approximate surface area is 99.3 Å². The first-order valence-electron chi connectivity index (χ1n) is 5.00. The van der Waals surface area contributed by atoms with E-state index in [0.29, 0.717) is 5.56 Å². The molecule has 17 heavy (non-hydrogen) atoms. The van der Waals surface area contributed by atoms with Crippen LogP contribution in [0, 0.1) is 0 Å². The average molecular weight is 238 g/mol. The van der Waals surface area contributed by atoms with Gasteiger partial charge < -0.3 is 14.2 Å². The molecule has 1 aromatic carbocycles. The summed E-state index contributed by atoms with van der Waals surface area (Å²) in [6.07, 6.45) is 0. The van der Waals surface area contributed by atoms with Crippen molar-refractivity contribution < 1.29 is 23.8 Å². The Morgan fingerprint density at radius 1 is 1.00 bits per heavy atom. The molecule has 0 N–H and O–H groups in total. The molecule has 1 aromatic rings. The zero-order chi connectivity index (χ0) is 12.9. The summed E-state index contributed by atoms with van der Waals surface area (Å²) >= 11 is 0. The van der Waals surface area contributed by atoms with Crippen molar-refractivity contribution in [2.24, 2.45) is 0 Å². The number of ether oxygens (including phenoxy) is 3. The molecule has 0 fully saturated rings. The van der Waals surface area contributed by atoms with Crippen LogP contribution in [0.25, 0.3) is 0 Å². The van der Waals surface area contributed by atoms with E-state index in [1.54, 1.807) is 30.3 Å². The van der Waals surface area contributed by atoms with Crippen LogP contribution < -0.4 is 0 Å². The third-order valence-electron chi connectivity index (χ3n) is 1.95. The summed E-state index contributed by atoms with van der Waals surface area (Å²) in [5, 5.41) is 0. The number of hydrogen-bond acceptors (Lipinski definition) is 5. The molecule has 0 saturated carbocycles. The van der Waals surface area contributed by atoms with E-state index in [0.717, 1.165) is 0 Å². The van der Waals surface area contributed by atoms with Crippen molar-refractivity contribution >= 4 is 11.9 Å². The summed E-state index contributed by atoms with van der Waals surface area (Å²) in [6, 6.07) is 8.49. The van der Waals surface area contributed by atoms with Crippen LogP contribution >= 0.6 is 0 Å². The number of carbonyl (C=O) groups excluding carboxylic acids is 2. The number of methoxy groups -OCH3 is 1. The topological polar surface area (TPSA) is 61.8 Å².